The molecule has 1 saturated heterocycles. The van der Waals surface area contributed by atoms with Crippen LogP contribution in [0.5, 0.6) is 0 Å². The van der Waals surface area contributed by atoms with Gasteiger partial charge in [0.15, 0.2) is 9.84 Å². The lowest BCUT2D eigenvalue weighted by Gasteiger charge is -2.27. The predicted molar refractivity (Wildman–Crippen MR) is 86.6 cm³/mol. The lowest BCUT2D eigenvalue weighted by atomic mass is 9.96. The second kappa shape index (κ2) is 6.89. The van der Waals surface area contributed by atoms with Crippen LogP contribution in [0.4, 0.5) is 0 Å². The van der Waals surface area contributed by atoms with Crippen molar-refractivity contribution in [1.29, 1.82) is 0 Å². The SMILES string of the molecule is C=CCS(=O)(=O)c1ccccc1/C=C/C1NNC(=O)CC1C. The van der Waals surface area contributed by atoms with Crippen LogP contribution in [0.1, 0.15) is 18.9 Å². The Morgan fingerprint density at radius 2 is 2.09 bits per heavy atom. The van der Waals surface area contributed by atoms with Crippen molar-refractivity contribution in [3.05, 3.63) is 48.6 Å². The van der Waals surface area contributed by atoms with Crippen LogP contribution >= 0.6 is 0 Å². The molecule has 2 unspecified atom stereocenters. The Kier molecular flexibility index (Phi) is 5.15. The van der Waals surface area contributed by atoms with E-state index >= 15 is 0 Å². The van der Waals surface area contributed by atoms with Crippen LogP contribution in [0, 0.1) is 5.92 Å². The van der Waals surface area contributed by atoms with Gasteiger partial charge >= 0.3 is 0 Å². The van der Waals surface area contributed by atoms with E-state index in [1.165, 1.54) is 6.08 Å². The molecule has 6 heteroatoms. The summed E-state index contributed by atoms with van der Waals surface area (Å²) < 4.78 is 24.5. The molecule has 2 rings (SSSR count). The third-order valence-electron chi connectivity index (χ3n) is 3.57. The van der Waals surface area contributed by atoms with E-state index < -0.39 is 9.84 Å². The highest BCUT2D eigenvalue weighted by molar-refractivity contribution is 7.91. The molecule has 1 aliphatic heterocycles. The average molecular weight is 320 g/mol. The van der Waals surface area contributed by atoms with Crippen LogP contribution in [0.25, 0.3) is 6.08 Å². The van der Waals surface area contributed by atoms with Crippen molar-refractivity contribution in [2.75, 3.05) is 5.75 Å². The molecule has 2 N–H and O–H groups in total. The number of rotatable bonds is 5. The number of sulfone groups is 1. The molecule has 5 nitrogen and oxygen atoms in total. The Morgan fingerprint density at radius 1 is 1.36 bits per heavy atom. The van der Waals surface area contributed by atoms with Gasteiger partial charge in [0.25, 0.3) is 0 Å². The number of hydrazine groups is 1. The van der Waals surface area contributed by atoms with Crippen LogP contribution in [-0.2, 0) is 14.6 Å². The molecule has 1 heterocycles. The topological polar surface area (TPSA) is 75.3 Å². The Balaban J connectivity index is 2.25. The molecule has 0 aliphatic carbocycles. The van der Waals surface area contributed by atoms with Crippen molar-refractivity contribution in [2.45, 2.75) is 24.3 Å². The molecule has 1 amide bonds. The molecule has 2 atom stereocenters. The van der Waals surface area contributed by atoms with Crippen LogP contribution in [0.2, 0.25) is 0 Å². The second-order valence-electron chi connectivity index (χ2n) is 5.37. The molecule has 22 heavy (non-hydrogen) atoms. The summed E-state index contributed by atoms with van der Waals surface area (Å²) in [6.07, 6.45) is 5.49. The van der Waals surface area contributed by atoms with Gasteiger partial charge in [0.1, 0.15) is 0 Å². The number of hydrogen-bond acceptors (Lipinski definition) is 4. The lowest BCUT2D eigenvalue weighted by molar-refractivity contribution is -0.125. The van der Waals surface area contributed by atoms with E-state index in [2.05, 4.69) is 17.4 Å². The van der Waals surface area contributed by atoms with Gasteiger partial charge in [-0.15, -0.1) is 6.58 Å². The van der Waals surface area contributed by atoms with Gasteiger partial charge in [-0.2, -0.15) is 0 Å². The summed E-state index contributed by atoms with van der Waals surface area (Å²) in [5.41, 5.74) is 6.15. The highest BCUT2D eigenvalue weighted by atomic mass is 32.2. The Hall–Kier alpha value is -1.92. The molecule has 0 saturated carbocycles. The monoisotopic (exact) mass is 320 g/mol. The summed E-state index contributed by atoms with van der Waals surface area (Å²) in [7, 11) is -3.38. The fraction of sp³-hybridized carbons (Fsp3) is 0.312. The van der Waals surface area contributed by atoms with Crippen molar-refractivity contribution >= 4 is 21.8 Å². The van der Waals surface area contributed by atoms with E-state index in [1.54, 1.807) is 30.3 Å². The quantitative estimate of drug-likeness (QED) is 0.810. The molecule has 1 aromatic rings. The standard InChI is InChI=1S/C16H20N2O3S/c1-3-10-22(20,21)15-7-5-4-6-13(15)8-9-14-12(2)11-16(19)18-17-14/h3-9,12,14,17H,1,10-11H2,2H3,(H,18,19)/b9-8+. The van der Waals surface area contributed by atoms with E-state index in [4.69, 9.17) is 0 Å². The third-order valence-corrected chi connectivity index (χ3v) is 5.29. The minimum atomic E-state index is -3.38. The van der Waals surface area contributed by atoms with Gasteiger partial charge in [0.2, 0.25) is 5.91 Å². The first kappa shape index (κ1) is 16.5. The molecule has 0 spiro atoms. The zero-order chi connectivity index (χ0) is 16.2. The van der Waals surface area contributed by atoms with Gasteiger partial charge in [0.05, 0.1) is 10.6 Å². The number of nitrogens with one attached hydrogen (secondary N) is 2. The fourth-order valence-corrected chi connectivity index (χ4v) is 3.64. The molecule has 0 radical (unpaired) electrons. The fourth-order valence-electron chi connectivity index (χ4n) is 2.37. The summed E-state index contributed by atoms with van der Waals surface area (Å²) in [6.45, 7) is 5.46. The molecule has 0 aromatic heterocycles. The van der Waals surface area contributed by atoms with Crippen LogP contribution in [0.3, 0.4) is 0 Å². The van der Waals surface area contributed by atoms with E-state index in [1.807, 2.05) is 13.0 Å². The second-order valence-corrected chi connectivity index (χ2v) is 7.37. The summed E-state index contributed by atoms with van der Waals surface area (Å²) in [4.78, 5) is 11.6. The summed E-state index contributed by atoms with van der Waals surface area (Å²) >= 11 is 0. The van der Waals surface area contributed by atoms with Crippen LogP contribution < -0.4 is 10.9 Å². The molecule has 1 fully saturated rings. The highest BCUT2D eigenvalue weighted by Crippen LogP contribution is 2.20. The van der Waals surface area contributed by atoms with Crippen LogP contribution in [0.15, 0.2) is 47.9 Å². The first-order valence-electron chi connectivity index (χ1n) is 7.09. The normalized spacial score (nSPS) is 22.5. The Labute approximate surface area is 131 Å². The highest BCUT2D eigenvalue weighted by Gasteiger charge is 2.23. The van der Waals surface area contributed by atoms with Gasteiger partial charge in [-0.1, -0.05) is 43.4 Å². The summed E-state index contributed by atoms with van der Waals surface area (Å²) in [6, 6.07) is 6.82. The maximum absolute atomic E-state index is 12.2. The van der Waals surface area contributed by atoms with Crippen molar-refractivity contribution in [3.8, 4) is 0 Å². The van der Waals surface area contributed by atoms with Gasteiger partial charge in [-0.25, -0.2) is 13.8 Å². The van der Waals surface area contributed by atoms with Crippen molar-refractivity contribution < 1.29 is 13.2 Å². The molecule has 1 aromatic carbocycles. The van der Waals surface area contributed by atoms with Crippen molar-refractivity contribution in [2.24, 2.45) is 5.92 Å². The minimum absolute atomic E-state index is 0.0344. The third kappa shape index (κ3) is 3.84. The number of hydrogen-bond donors (Lipinski definition) is 2. The maximum atomic E-state index is 12.2. The molecule has 0 bridgehead atoms. The van der Waals surface area contributed by atoms with Crippen molar-refractivity contribution in [1.82, 2.24) is 10.9 Å². The summed E-state index contributed by atoms with van der Waals surface area (Å²) in [5, 5.41) is 0. The summed E-state index contributed by atoms with van der Waals surface area (Å²) in [5.74, 6) is 0.0134. The first-order chi connectivity index (χ1) is 10.4. The molecular weight excluding hydrogens is 300 g/mol. The van der Waals surface area contributed by atoms with E-state index in [0.29, 0.717) is 16.9 Å². The number of carbonyl (C=O) groups excluding carboxylic acids is 1. The largest absolute Gasteiger partial charge is 0.291 e. The Morgan fingerprint density at radius 3 is 2.77 bits per heavy atom. The average Bonchev–Trinajstić information content (AvgIpc) is 2.46. The molecule has 1 aliphatic rings. The van der Waals surface area contributed by atoms with E-state index in [9.17, 15) is 13.2 Å². The number of benzene rings is 1. The van der Waals surface area contributed by atoms with Gasteiger partial charge < -0.3 is 0 Å². The Bertz CT molecular complexity index is 695. The van der Waals surface area contributed by atoms with E-state index in [-0.39, 0.29) is 23.6 Å². The maximum Gasteiger partial charge on any atom is 0.234 e. The molecular formula is C16H20N2O3S. The number of carbonyl (C=O) groups is 1. The molecule has 118 valence electrons. The predicted octanol–water partition coefficient (Wildman–Crippen LogP) is 1.69. The van der Waals surface area contributed by atoms with Crippen molar-refractivity contribution in [3.63, 3.8) is 0 Å². The lowest BCUT2D eigenvalue weighted by Crippen LogP contribution is -2.52. The zero-order valence-corrected chi connectivity index (χ0v) is 13.3. The van der Waals surface area contributed by atoms with E-state index in [0.717, 1.165) is 0 Å². The first-order valence-corrected chi connectivity index (χ1v) is 8.74. The smallest absolute Gasteiger partial charge is 0.234 e. The zero-order valence-electron chi connectivity index (χ0n) is 12.5. The van der Waals surface area contributed by atoms with Gasteiger partial charge in [-0.05, 0) is 17.5 Å². The van der Waals surface area contributed by atoms with Gasteiger partial charge in [0, 0.05) is 12.5 Å². The van der Waals surface area contributed by atoms with Crippen LogP contribution in [-0.4, -0.2) is 26.1 Å². The van der Waals surface area contributed by atoms with Gasteiger partial charge in [-0.3, -0.25) is 10.2 Å². The number of amides is 1. The minimum Gasteiger partial charge on any atom is -0.291 e.